The van der Waals surface area contributed by atoms with Crippen LogP contribution >= 0.6 is 11.6 Å². The summed E-state index contributed by atoms with van der Waals surface area (Å²) in [5, 5.41) is 3.85. The Hall–Kier alpha value is -1.81. The van der Waals surface area contributed by atoms with Crippen molar-refractivity contribution in [3.8, 4) is 5.75 Å². The van der Waals surface area contributed by atoms with E-state index in [9.17, 15) is 0 Å². The smallest absolute Gasteiger partial charge is 0.148 e. The number of halogens is 1. The number of benzene rings is 1. The first-order chi connectivity index (χ1) is 12.6. The van der Waals surface area contributed by atoms with E-state index in [-0.39, 0.29) is 0 Å². The molecule has 0 fully saturated rings. The fraction of sp³-hybridized carbons (Fsp3) is 0.524. The molecule has 1 N–H and O–H groups in total. The van der Waals surface area contributed by atoms with Crippen LogP contribution in [0.2, 0.25) is 5.02 Å². The van der Waals surface area contributed by atoms with Crippen LogP contribution < -0.4 is 10.1 Å². The molecule has 0 aliphatic carbocycles. The lowest BCUT2D eigenvalue weighted by molar-refractivity contribution is 0.306. The Balaban J connectivity index is 1.67. The largest absolute Gasteiger partial charge is 0.493 e. The van der Waals surface area contributed by atoms with E-state index in [2.05, 4.69) is 47.3 Å². The maximum Gasteiger partial charge on any atom is 0.148 e. The summed E-state index contributed by atoms with van der Waals surface area (Å²) in [6.45, 7) is 7.77. The van der Waals surface area contributed by atoms with Crippen molar-refractivity contribution in [3.05, 3.63) is 46.4 Å². The minimum Gasteiger partial charge on any atom is -0.493 e. The number of aryl methyl sites for hydroxylation is 3. The molecule has 1 aromatic carbocycles. The SMILES string of the molecule is CCCCCc1ccc(OCCCCNc2ncnc(C)c2Cl)c(C)c1. The van der Waals surface area contributed by atoms with E-state index in [1.807, 2.05) is 6.92 Å². The molecule has 1 aromatic heterocycles. The van der Waals surface area contributed by atoms with Crippen molar-refractivity contribution in [2.45, 2.75) is 59.3 Å². The number of nitrogens with zero attached hydrogens (tertiary/aromatic N) is 2. The maximum absolute atomic E-state index is 6.17. The molecule has 0 radical (unpaired) electrons. The molecule has 5 heteroatoms. The number of ether oxygens (including phenoxy) is 1. The van der Waals surface area contributed by atoms with Crippen molar-refractivity contribution in [2.75, 3.05) is 18.5 Å². The number of hydrogen-bond donors (Lipinski definition) is 1. The number of anilines is 1. The number of rotatable bonds is 11. The zero-order chi connectivity index (χ0) is 18.8. The first kappa shape index (κ1) is 20.5. The van der Waals surface area contributed by atoms with Crippen LogP contribution in [0.15, 0.2) is 24.5 Å². The highest BCUT2D eigenvalue weighted by Crippen LogP contribution is 2.22. The van der Waals surface area contributed by atoms with Crippen LogP contribution in [0, 0.1) is 13.8 Å². The molecule has 0 bridgehead atoms. The highest BCUT2D eigenvalue weighted by Gasteiger charge is 2.05. The average molecular weight is 376 g/mol. The van der Waals surface area contributed by atoms with Crippen LogP contribution in [0.1, 0.15) is 55.8 Å². The number of nitrogens with one attached hydrogen (secondary N) is 1. The molecule has 0 unspecified atom stereocenters. The molecular formula is C21H30ClN3O. The molecule has 1 heterocycles. The predicted molar refractivity (Wildman–Crippen MR) is 109 cm³/mol. The second kappa shape index (κ2) is 11.0. The predicted octanol–water partition coefficient (Wildman–Crippen LogP) is 5.75. The second-order valence-corrected chi connectivity index (χ2v) is 7.04. The van der Waals surface area contributed by atoms with Gasteiger partial charge in [-0.2, -0.15) is 0 Å². The second-order valence-electron chi connectivity index (χ2n) is 6.66. The van der Waals surface area contributed by atoms with Gasteiger partial charge in [-0.1, -0.05) is 43.5 Å². The Labute approximate surface area is 162 Å². The summed E-state index contributed by atoms with van der Waals surface area (Å²) in [7, 11) is 0. The highest BCUT2D eigenvalue weighted by molar-refractivity contribution is 6.33. The van der Waals surface area contributed by atoms with Gasteiger partial charge in [0.25, 0.3) is 0 Å². The van der Waals surface area contributed by atoms with Crippen LogP contribution in [0.3, 0.4) is 0 Å². The first-order valence-corrected chi connectivity index (χ1v) is 9.93. The van der Waals surface area contributed by atoms with Crippen molar-refractivity contribution in [2.24, 2.45) is 0 Å². The highest BCUT2D eigenvalue weighted by atomic mass is 35.5. The first-order valence-electron chi connectivity index (χ1n) is 9.55. The summed E-state index contributed by atoms with van der Waals surface area (Å²) in [6.07, 6.45) is 8.48. The Kier molecular flexibility index (Phi) is 8.69. The van der Waals surface area contributed by atoms with Crippen LogP contribution in [0.25, 0.3) is 0 Å². The van der Waals surface area contributed by atoms with E-state index >= 15 is 0 Å². The average Bonchev–Trinajstić information content (AvgIpc) is 2.63. The molecule has 26 heavy (non-hydrogen) atoms. The molecule has 2 rings (SSSR count). The van der Waals surface area contributed by atoms with Crippen molar-refractivity contribution in [3.63, 3.8) is 0 Å². The topological polar surface area (TPSA) is 47.0 Å². The normalized spacial score (nSPS) is 10.8. The van der Waals surface area contributed by atoms with Gasteiger partial charge in [-0.25, -0.2) is 9.97 Å². The molecular weight excluding hydrogens is 346 g/mol. The zero-order valence-corrected chi connectivity index (χ0v) is 16.9. The standard InChI is InChI=1S/C21H30ClN3O/c1-4-5-6-9-18-10-11-19(16(2)14-18)26-13-8-7-12-23-21-20(22)17(3)24-15-25-21/h10-11,14-15H,4-9,12-13H2,1-3H3,(H,23,24,25). The number of hydrogen-bond acceptors (Lipinski definition) is 4. The molecule has 0 saturated carbocycles. The van der Waals surface area contributed by atoms with Crippen molar-refractivity contribution in [1.82, 2.24) is 9.97 Å². The maximum atomic E-state index is 6.17. The lowest BCUT2D eigenvalue weighted by Crippen LogP contribution is -2.07. The summed E-state index contributed by atoms with van der Waals surface area (Å²) in [6, 6.07) is 6.56. The molecule has 4 nitrogen and oxygen atoms in total. The third kappa shape index (κ3) is 6.49. The van der Waals surface area contributed by atoms with Crippen LogP contribution in [0.5, 0.6) is 5.75 Å². The van der Waals surface area contributed by atoms with E-state index in [0.29, 0.717) is 17.4 Å². The molecule has 0 saturated heterocycles. The van der Waals surface area contributed by atoms with Crippen LogP contribution in [0.4, 0.5) is 5.82 Å². The van der Waals surface area contributed by atoms with Gasteiger partial charge in [0.1, 0.15) is 22.9 Å². The van der Waals surface area contributed by atoms with Crippen LogP contribution in [-0.2, 0) is 6.42 Å². The summed E-state index contributed by atoms with van der Waals surface area (Å²) in [5.41, 5.74) is 3.42. The third-order valence-corrected chi connectivity index (χ3v) is 4.85. The Morgan fingerprint density at radius 2 is 1.92 bits per heavy atom. The quantitative estimate of drug-likeness (QED) is 0.508. The zero-order valence-electron chi connectivity index (χ0n) is 16.1. The molecule has 0 atom stereocenters. The van der Waals surface area contributed by atoms with E-state index in [4.69, 9.17) is 16.3 Å². The van der Waals surface area contributed by atoms with E-state index in [1.54, 1.807) is 0 Å². The minimum atomic E-state index is 0.596. The van der Waals surface area contributed by atoms with E-state index < -0.39 is 0 Å². The Morgan fingerprint density at radius 1 is 1.08 bits per heavy atom. The number of unbranched alkanes of at least 4 members (excludes halogenated alkanes) is 3. The molecule has 0 amide bonds. The summed E-state index contributed by atoms with van der Waals surface area (Å²) in [5.74, 6) is 1.70. The van der Waals surface area contributed by atoms with Crippen LogP contribution in [-0.4, -0.2) is 23.1 Å². The molecule has 0 aliphatic rings. The summed E-state index contributed by atoms with van der Waals surface area (Å²) in [4.78, 5) is 8.23. The van der Waals surface area contributed by atoms with Gasteiger partial charge in [-0.15, -0.1) is 0 Å². The Morgan fingerprint density at radius 3 is 2.69 bits per heavy atom. The Bertz CT molecular complexity index is 691. The summed E-state index contributed by atoms with van der Waals surface area (Å²) < 4.78 is 5.93. The van der Waals surface area contributed by atoms with Crippen molar-refractivity contribution in [1.29, 1.82) is 0 Å². The van der Waals surface area contributed by atoms with Gasteiger partial charge in [0.2, 0.25) is 0 Å². The number of aromatic nitrogens is 2. The van der Waals surface area contributed by atoms with Gasteiger partial charge in [0.05, 0.1) is 12.3 Å². The monoisotopic (exact) mass is 375 g/mol. The molecule has 0 spiro atoms. The van der Waals surface area contributed by atoms with Gasteiger partial charge in [0, 0.05) is 6.54 Å². The third-order valence-electron chi connectivity index (χ3n) is 4.39. The fourth-order valence-electron chi connectivity index (χ4n) is 2.81. The molecule has 142 valence electrons. The van der Waals surface area contributed by atoms with Gasteiger partial charge in [0.15, 0.2) is 0 Å². The fourth-order valence-corrected chi connectivity index (χ4v) is 2.97. The molecule has 0 aliphatic heterocycles. The van der Waals surface area contributed by atoms with Gasteiger partial charge in [-0.05, 0) is 56.7 Å². The summed E-state index contributed by atoms with van der Waals surface area (Å²) >= 11 is 6.17. The van der Waals surface area contributed by atoms with Gasteiger partial charge in [-0.3, -0.25) is 0 Å². The van der Waals surface area contributed by atoms with E-state index in [1.165, 1.54) is 36.7 Å². The van der Waals surface area contributed by atoms with Crippen molar-refractivity contribution >= 4 is 17.4 Å². The lowest BCUT2D eigenvalue weighted by Gasteiger charge is -2.11. The lowest BCUT2D eigenvalue weighted by atomic mass is 10.0. The minimum absolute atomic E-state index is 0.596. The molecule has 2 aromatic rings. The van der Waals surface area contributed by atoms with E-state index in [0.717, 1.165) is 37.3 Å². The van der Waals surface area contributed by atoms with Gasteiger partial charge >= 0.3 is 0 Å². The van der Waals surface area contributed by atoms with Crippen molar-refractivity contribution < 1.29 is 4.74 Å². The van der Waals surface area contributed by atoms with Gasteiger partial charge < -0.3 is 10.1 Å².